The number of hydrogen-bond donors (Lipinski definition) is 0. The van der Waals surface area contributed by atoms with Crippen molar-refractivity contribution in [1.29, 1.82) is 0 Å². The predicted molar refractivity (Wildman–Crippen MR) is 60.5 cm³/mol. The summed E-state index contributed by atoms with van der Waals surface area (Å²) in [6.07, 6.45) is 4.89. The molecule has 0 aliphatic heterocycles. The highest BCUT2D eigenvalue weighted by molar-refractivity contribution is 5.35. The van der Waals surface area contributed by atoms with Crippen molar-refractivity contribution in [2.24, 2.45) is 0 Å². The molecule has 1 aliphatic carbocycles. The normalized spacial score (nSPS) is 16.6. The molecule has 0 saturated heterocycles. The fourth-order valence-electron chi connectivity index (χ4n) is 2.37. The molecule has 1 aliphatic rings. The maximum absolute atomic E-state index is 11.7. The van der Waals surface area contributed by atoms with Crippen LogP contribution in [0.5, 0.6) is 5.75 Å². The lowest BCUT2D eigenvalue weighted by atomic mass is 9.98. The van der Waals surface area contributed by atoms with Crippen molar-refractivity contribution >= 4 is 0 Å². The molecule has 2 nitrogen and oxygen atoms in total. The van der Waals surface area contributed by atoms with Gasteiger partial charge in [0.2, 0.25) is 5.43 Å². The minimum atomic E-state index is -0.00981. The van der Waals surface area contributed by atoms with E-state index in [1.54, 1.807) is 19.2 Å². The molecule has 80 valence electrons. The third-order valence-electron chi connectivity index (χ3n) is 3.12. The highest BCUT2D eigenvalue weighted by atomic mass is 16.5. The first-order valence-electron chi connectivity index (χ1n) is 5.50. The van der Waals surface area contributed by atoms with Crippen molar-refractivity contribution in [2.45, 2.75) is 31.6 Å². The second kappa shape index (κ2) is 4.47. The van der Waals surface area contributed by atoms with Crippen LogP contribution in [-0.4, -0.2) is 7.11 Å². The molecular weight excluding hydrogens is 188 g/mol. The summed E-state index contributed by atoms with van der Waals surface area (Å²) in [5.74, 6) is 1.05. The van der Waals surface area contributed by atoms with Crippen LogP contribution in [0.15, 0.2) is 29.1 Å². The van der Waals surface area contributed by atoms with Gasteiger partial charge in [-0.2, -0.15) is 0 Å². The van der Waals surface area contributed by atoms with Gasteiger partial charge in [0.25, 0.3) is 0 Å². The maximum Gasteiger partial charge on any atom is 0.220 e. The second-order valence-electron chi connectivity index (χ2n) is 4.05. The smallest absolute Gasteiger partial charge is 0.220 e. The minimum absolute atomic E-state index is 0.00981. The highest BCUT2D eigenvalue weighted by Gasteiger charge is 2.20. The largest absolute Gasteiger partial charge is 0.492 e. The van der Waals surface area contributed by atoms with Gasteiger partial charge < -0.3 is 4.74 Å². The summed E-state index contributed by atoms with van der Waals surface area (Å²) in [7, 11) is 1.58. The van der Waals surface area contributed by atoms with Crippen molar-refractivity contribution in [3.05, 3.63) is 40.1 Å². The Morgan fingerprint density at radius 1 is 1.20 bits per heavy atom. The summed E-state index contributed by atoms with van der Waals surface area (Å²) < 4.78 is 5.24. The van der Waals surface area contributed by atoms with Gasteiger partial charge in [-0.05, 0) is 24.8 Å². The van der Waals surface area contributed by atoms with Gasteiger partial charge in [-0.25, -0.2) is 0 Å². The van der Waals surface area contributed by atoms with E-state index >= 15 is 0 Å². The molecule has 0 unspecified atom stereocenters. The fraction of sp³-hybridized carbons (Fsp3) is 0.462. The summed E-state index contributed by atoms with van der Waals surface area (Å²) in [4.78, 5) is 11.7. The van der Waals surface area contributed by atoms with Gasteiger partial charge in [0.1, 0.15) is 0 Å². The zero-order valence-electron chi connectivity index (χ0n) is 9.03. The van der Waals surface area contributed by atoms with E-state index in [2.05, 4.69) is 0 Å². The molecule has 0 atom stereocenters. The van der Waals surface area contributed by atoms with E-state index in [-0.39, 0.29) is 5.43 Å². The molecule has 2 rings (SSSR count). The first-order chi connectivity index (χ1) is 7.33. The van der Waals surface area contributed by atoms with Gasteiger partial charge in [-0.3, -0.25) is 4.79 Å². The quantitative estimate of drug-likeness (QED) is 0.740. The average Bonchev–Trinajstić information content (AvgIpc) is 2.69. The van der Waals surface area contributed by atoms with Crippen LogP contribution in [0.2, 0.25) is 0 Å². The number of ether oxygens (including phenoxy) is 1. The lowest BCUT2D eigenvalue weighted by Gasteiger charge is -2.10. The molecule has 1 aromatic rings. The monoisotopic (exact) mass is 204 g/mol. The molecular formula is C13H16O2. The van der Waals surface area contributed by atoms with Gasteiger partial charge in [-0.1, -0.05) is 31.0 Å². The molecule has 0 aromatic heterocycles. The first-order valence-corrected chi connectivity index (χ1v) is 5.50. The Labute approximate surface area is 89.9 Å². The third-order valence-corrected chi connectivity index (χ3v) is 3.12. The summed E-state index contributed by atoms with van der Waals surface area (Å²) in [5, 5.41) is 0. The van der Waals surface area contributed by atoms with Crippen LogP contribution in [0.1, 0.15) is 37.2 Å². The Morgan fingerprint density at radius 3 is 2.53 bits per heavy atom. The lowest BCUT2D eigenvalue weighted by Crippen LogP contribution is -2.05. The van der Waals surface area contributed by atoms with E-state index in [0.717, 1.165) is 5.56 Å². The molecule has 1 fully saturated rings. The van der Waals surface area contributed by atoms with E-state index in [0.29, 0.717) is 11.7 Å². The Kier molecular flexibility index (Phi) is 3.05. The van der Waals surface area contributed by atoms with Crippen LogP contribution in [0, 0.1) is 0 Å². The molecule has 0 spiro atoms. The summed E-state index contributed by atoms with van der Waals surface area (Å²) in [6.45, 7) is 0. The molecule has 1 saturated carbocycles. The third kappa shape index (κ3) is 2.04. The maximum atomic E-state index is 11.7. The van der Waals surface area contributed by atoms with Crippen LogP contribution in [0.4, 0.5) is 0 Å². The Hall–Kier alpha value is -1.31. The van der Waals surface area contributed by atoms with Crippen molar-refractivity contribution in [2.75, 3.05) is 7.11 Å². The standard InChI is InChI=1S/C13H16O2/c1-15-13-11(10-6-2-3-7-10)8-4-5-9-12(13)14/h4-5,8-10H,2-3,6-7H2,1H3. The minimum Gasteiger partial charge on any atom is -0.492 e. The number of methoxy groups -OCH3 is 1. The van der Waals surface area contributed by atoms with E-state index < -0.39 is 0 Å². The van der Waals surface area contributed by atoms with Crippen molar-refractivity contribution in [3.8, 4) is 5.75 Å². The zero-order chi connectivity index (χ0) is 10.7. The molecule has 0 heterocycles. The van der Waals surface area contributed by atoms with Crippen molar-refractivity contribution in [1.82, 2.24) is 0 Å². The van der Waals surface area contributed by atoms with Gasteiger partial charge in [-0.15, -0.1) is 0 Å². The Morgan fingerprint density at radius 2 is 1.87 bits per heavy atom. The number of rotatable bonds is 2. The average molecular weight is 204 g/mol. The molecule has 0 radical (unpaired) electrons. The van der Waals surface area contributed by atoms with Crippen LogP contribution in [0.3, 0.4) is 0 Å². The van der Waals surface area contributed by atoms with E-state index in [1.807, 2.05) is 12.1 Å². The predicted octanol–water partition coefficient (Wildman–Crippen LogP) is 2.71. The second-order valence-corrected chi connectivity index (χ2v) is 4.05. The molecule has 0 amide bonds. The summed E-state index contributed by atoms with van der Waals surface area (Å²) >= 11 is 0. The molecule has 2 heteroatoms. The van der Waals surface area contributed by atoms with Crippen LogP contribution in [0.25, 0.3) is 0 Å². The SMILES string of the molecule is COc1c(C2CCCC2)ccccc1=O. The zero-order valence-corrected chi connectivity index (χ0v) is 9.03. The first kappa shape index (κ1) is 10.2. The van der Waals surface area contributed by atoms with Crippen LogP contribution < -0.4 is 10.2 Å². The number of hydrogen-bond acceptors (Lipinski definition) is 2. The topological polar surface area (TPSA) is 26.3 Å². The molecule has 1 aromatic carbocycles. The van der Waals surface area contributed by atoms with Crippen LogP contribution >= 0.6 is 0 Å². The van der Waals surface area contributed by atoms with E-state index in [1.165, 1.54) is 25.7 Å². The van der Waals surface area contributed by atoms with E-state index in [4.69, 9.17) is 4.74 Å². The Bertz CT molecular complexity index is 392. The van der Waals surface area contributed by atoms with Crippen LogP contribution in [-0.2, 0) is 0 Å². The lowest BCUT2D eigenvalue weighted by molar-refractivity contribution is 0.402. The Balaban J connectivity index is 2.50. The fourth-order valence-corrected chi connectivity index (χ4v) is 2.37. The van der Waals surface area contributed by atoms with Crippen molar-refractivity contribution < 1.29 is 4.74 Å². The van der Waals surface area contributed by atoms with Gasteiger partial charge in [0, 0.05) is 5.56 Å². The van der Waals surface area contributed by atoms with Gasteiger partial charge >= 0.3 is 0 Å². The summed E-state index contributed by atoms with van der Waals surface area (Å²) in [5.41, 5.74) is 1.08. The van der Waals surface area contributed by atoms with Gasteiger partial charge in [0.05, 0.1) is 7.11 Å². The highest BCUT2D eigenvalue weighted by Crippen LogP contribution is 2.36. The van der Waals surface area contributed by atoms with E-state index in [9.17, 15) is 4.79 Å². The molecule has 0 N–H and O–H groups in total. The van der Waals surface area contributed by atoms with Gasteiger partial charge in [0.15, 0.2) is 5.75 Å². The molecule has 15 heavy (non-hydrogen) atoms. The summed E-state index contributed by atoms with van der Waals surface area (Å²) in [6, 6.07) is 7.30. The molecule has 0 bridgehead atoms. The van der Waals surface area contributed by atoms with Crippen molar-refractivity contribution in [3.63, 3.8) is 0 Å².